The molecule has 1 N–H and O–H groups in total. The Kier molecular flexibility index (Phi) is 4.43. The van der Waals surface area contributed by atoms with Gasteiger partial charge in [0.1, 0.15) is 0 Å². The Labute approximate surface area is 70.1 Å². The molecule has 0 aromatic carbocycles. The highest BCUT2D eigenvalue weighted by molar-refractivity contribution is 4.90. The molecule has 0 fully saturated rings. The van der Waals surface area contributed by atoms with E-state index < -0.39 is 5.60 Å². The summed E-state index contributed by atoms with van der Waals surface area (Å²) in [6.45, 7) is 8.14. The van der Waals surface area contributed by atoms with Crippen molar-refractivity contribution < 1.29 is 5.11 Å². The molecule has 0 aliphatic rings. The molecular formula is C10H20O. The molecule has 0 aromatic rings. The van der Waals surface area contributed by atoms with Crippen LogP contribution in [-0.4, -0.2) is 10.7 Å². The molecule has 0 rings (SSSR count). The van der Waals surface area contributed by atoms with Crippen molar-refractivity contribution in [3.05, 3.63) is 12.2 Å². The fraction of sp³-hybridized carbons (Fsp3) is 0.800. The maximum absolute atomic E-state index is 9.98. The zero-order valence-corrected chi connectivity index (χ0v) is 8.09. The summed E-state index contributed by atoms with van der Waals surface area (Å²) < 4.78 is 0. The van der Waals surface area contributed by atoms with Crippen molar-refractivity contribution in [1.82, 2.24) is 0 Å². The highest BCUT2D eigenvalue weighted by Gasteiger charge is 2.26. The van der Waals surface area contributed by atoms with E-state index in [0.717, 1.165) is 12.8 Å². The Morgan fingerprint density at radius 1 is 1.45 bits per heavy atom. The summed E-state index contributed by atoms with van der Waals surface area (Å²) >= 11 is 0. The van der Waals surface area contributed by atoms with Crippen molar-refractivity contribution >= 4 is 0 Å². The Balaban J connectivity index is 4.10. The third-order valence-corrected chi connectivity index (χ3v) is 2.39. The first-order valence-corrected chi connectivity index (χ1v) is 4.40. The SMILES string of the molecule is C/C=C/CC(O)(CC)C(C)C. The second-order valence-corrected chi connectivity index (χ2v) is 3.38. The first-order valence-electron chi connectivity index (χ1n) is 4.40. The van der Waals surface area contributed by atoms with Crippen LogP contribution in [0.2, 0.25) is 0 Å². The van der Waals surface area contributed by atoms with Crippen LogP contribution in [0.4, 0.5) is 0 Å². The molecule has 1 heteroatoms. The molecule has 0 saturated heterocycles. The lowest BCUT2D eigenvalue weighted by atomic mass is 9.85. The van der Waals surface area contributed by atoms with Crippen LogP contribution in [0.15, 0.2) is 12.2 Å². The summed E-state index contributed by atoms with van der Waals surface area (Å²) in [4.78, 5) is 0. The van der Waals surface area contributed by atoms with Crippen LogP contribution < -0.4 is 0 Å². The molecule has 66 valence electrons. The van der Waals surface area contributed by atoms with Gasteiger partial charge < -0.3 is 5.11 Å². The number of aliphatic hydroxyl groups is 1. The standard InChI is InChI=1S/C10H20O/c1-5-7-8-10(11,6-2)9(3)4/h5,7,9,11H,6,8H2,1-4H3/b7-5+. The van der Waals surface area contributed by atoms with Gasteiger partial charge in [-0.3, -0.25) is 0 Å². The van der Waals surface area contributed by atoms with Crippen molar-refractivity contribution in [3.63, 3.8) is 0 Å². The molecule has 0 radical (unpaired) electrons. The molecule has 0 heterocycles. The van der Waals surface area contributed by atoms with Crippen LogP contribution >= 0.6 is 0 Å². The molecule has 0 aliphatic heterocycles. The Bertz CT molecular complexity index is 127. The number of hydrogen-bond acceptors (Lipinski definition) is 1. The van der Waals surface area contributed by atoms with E-state index in [1.54, 1.807) is 0 Å². The summed E-state index contributed by atoms with van der Waals surface area (Å²) in [5.74, 6) is 0.337. The maximum Gasteiger partial charge on any atom is 0.0702 e. The minimum absolute atomic E-state index is 0.337. The Morgan fingerprint density at radius 3 is 2.27 bits per heavy atom. The van der Waals surface area contributed by atoms with Gasteiger partial charge in [-0.2, -0.15) is 0 Å². The molecular weight excluding hydrogens is 136 g/mol. The van der Waals surface area contributed by atoms with Crippen molar-refractivity contribution in [1.29, 1.82) is 0 Å². The number of rotatable bonds is 4. The average molecular weight is 156 g/mol. The van der Waals surface area contributed by atoms with E-state index in [1.807, 2.05) is 26.0 Å². The number of hydrogen-bond donors (Lipinski definition) is 1. The Morgan fingerprint density at radius 2 is 2.00 bits per heavy atom. The van der Waals surface area contributed by atoms with Gasteiger partial charge in [0.25, 0.3) is 0 Å². The highest BCUT2D eigenvalue weighted by atomic mass is 16.3. The van der Waals surface area contributed by atoms with Crippen LogP contribution in [0.1, 0.15) is 40.5 Å². The third-order valence-electron chi connectivity index (χ3n) is 2.39. The molecule has 0 amide bonds. The summed E-state index contributed by atoms with van der Waals surface area (Å²) in [6, 6.07) is 0. The maximum atomic E-state index is 9.98. The minimum atomic E-state index is -0.494. The van der Waals surface area contributed by atoms with E-state index in [2.05, 4.69) is 13.8 Å². The lowest BCUT2D eigenvalue weighted by molar-refractivity contribution is -0.00582. The van der Waals surface area contributed by atoms with E-state index >= 15 is 0 Å². The third kappa shape index (κ3) is 3.06. The molecule has 0 saturated carbocycles. The fourth-order valence-corrected chi connectivity index (χ4v) is 1.11. The highest BCUT2D eigenvalue weighted by Crippen LogP contribution is 2.24. The summed E-state index contributed by atoms with van der Waals surface area (Å²) in [5.41, 5.74) is -0.494. The quantitative estimate of drug-likeness (QED) is 0.620. The van der Waals surface area contributed by atoms with Crippen LogP contribution in [0.25, 0.3) is 0 Å². The zero-order valence-electron chi connectivity index (χ0n) is 8.09. The van der Waals surface area contributed by atoms with E-state index in [1.165, 1.54) is 0 Å². The summed E-state index contributed by atoms with van der Waals surface area (Å²) in [6.07, 6.45) is 5.62. The first-order chi connectivity index (χ1) is 5.06. The first kappa shape index (κ1) is 10.7. The normalized spacial score (nSPS) is 17.6. The smallest absolute Gasteiger partial charge is 0.0702 e. The van der Waals surface area contributed by atoms with Crippen LogP contribution in [0, 0.1) is 5.92 Å². The van der Waals surface area contributed by atoms with E-state index in [-0.39, 0.29) is 0 Å². The molecule has 1 atom stereocenters. The van der Waals surface area contributed by atoms with Gasteiger partial charge >= 0.3 is 0 Å². The van der Waals surface area contributed by atoms with Crippen molar-refractivity contribution in [2.45, 2.75) is 46.1 Å². The molecule has 1 unspecified atom stereocenters. The molecule has 1 nitrogen and oxygen atoms in total. The summed E-state index contributed by atoms with van der Waals surface area (Å²) in [7, 11) is 0. The van der Waals surface area contributed by atoms with Gasteiger partial charge in [-0.1, -0.05) is 32.9 Å². The van der Waals surface area contributed by atoms with Gasteiger partial charge in [0.05, 0.1) is 5.60 Å². The molecule has 0 bridgehead atoms. The van der Waals surface area contributed by atoms with Crippen molar-refractivity contribution in [3.8, 4) is 0 Å². The van der Waals surface area contributed by atoms with Gasteiger partial charge in [-0.05, 0) is 25.7 Å². The zero-order chi connectivity index (χ0) is 8.91. The van der Waals surface area contributed by atoms with Gasteiger partial charge in [0, 0.05) is 0 Å². The van der Waals surface area contributed by atoms with E-state index in [9.17, 15) is 5.11 Å². The lowest BCUT2D eigenvalue weighted by Crippen LogP contribution is -2.33. The molecule has 0 aliphatic carbocycles. The van der Waals surface area contributed by atoms with Gasteiger partial charge in [-0.25, -0.2) is 0 Å². The second kappa shape index (κ2) is 4.55. The fourth-order valence-electron chi connectivity index (χ4n) is 1.11. The summed E-state index contributed by atoms with van der Waals surface area (Å²) in [5, 5.41) is 9.98. The molecule has 0 spiro atoms. The average Bonchev–Trinajstić information content (AvgIpc) is 2.00. The Hall–Kier alpha value is -0.300. The van der Waals surface area contributed by atoms with E-state index in [0.29, 0.717) is 5.92 Å². The van der Waals surface area contributed by atoms with Crippen LogP contribution in [-0.2, 0) is 0 Å². The van der Waals surface area contributed by atoms with Gasteiger partial charge in [0.15, 0.2) is 0 Å². The monoisotopic (exact) mass is 156 g/mol. The van der Waals surface area contributed by atoms with E-state index in [4.69, 9.17) is 0 Å². The molecule has 0 aromatic heterocycles. The van der Waals surface area contributed by atoms with Crippen LogP contribution in [0.5, 0.6) is 0 Å². The van der Waals surface area contributed by atoms with Crippen LogP contribution in [0.3, 0.4) is 0 Å². The van der Waals surface area contributed by atoms with Gasteiger partial charge in [0.2, 0.25) is 0 Å². The van der Waals surface area contributed by atoms with Gasteiger partial charge in [-0.15, -0.1) is 0 Å². The minimum Gasteiger partial charge on any atom is -0.389 e. The number of allylic oxidation sites excluding steroid dienone is 1. The van der Waals surface area contributed by atoms with Crippen molar-refractivity contribution in [2.24, 2.45) is 5.92 Å². The molecule has 11 heavy (non-hydrogen) atoms. The lowest BCUT2D eigenvalue weighted by Gasteiger charge is -2.29. The topological polar surface area (TPSA) is 20.2 Å². The largest absolute Gasteiger partial charge is 0.389 e. The predicted molar refractivity (Wildman–Crippen MR) is 49.5 cm³/mol. The van der Waals surface area contributed by atoms with Crippen molar-refractivity contribution in [2.75, 3.05) is 0 Å². The predicted octanol–water partition coefficient (Wildman–Crippen LogP) is 2.75. The second-order valence-electron chi connectivity index (χ2n) is 3.38.